The van der Waals surface area contributed by atoms with Crippen molar-refractivity contribution in [3.05, 3.63) is 24.3 Å². The third-order valence-electron chi connectivity index (χ3n) is 11.9. The minimum Gasteiger partial charge on any atom is -0.462 e. The molecular weight excluding hydrogens is 856 g/mol. The second-order valence-electron chi connectivity index (χ2n) is 18.4. The van der Waals surface area contributed by atoms with Crippen molar-refractivity contribution in [1.29, 1.82) is 0 Å². The Balaban J connectivity index is 4.64. The first-order chi connectivity index (χ1) is 32.2. The van der Waals surface area contributed by atoms with E-state index in [1.165, 1.54) is 135 Å². The van der Waals surface area contributed by atoms with Crippen molar-refractivity contribution in [1.82, 2.24) is 0 Å². The lowest BCUT2D eigenvalue weighted by Crippen LogP contribution is -2.30. The van der Waals surface area contributed by atoms with Crippen LogP contribution in [0.25, 0.3) is 0 Å². The van der Waals surface area contributed by atoms with E-state index in [1.807, 2.05) is 0 Å². The maximum Gasteiger partial charge on any atom is 0.472 e. The predicted octanol–water partition coefficient (Wildman–Crippen LogP) is 15.5. The van der Waals surface area contributed by atoms with Crippen molar-refractivity contribution >= 4 is 25.7 Å². The number of aliphatic hydroxyl groups excluding tert-OH is 1. The number of hydrogen-bond acceptors (Lipinski definition) is 10. The van der Waals surface area contributed by atoms with Gasteiger partial charge in [0.05, 0.1) is 19.8 Å². The molecule has 0 aliphatic heterocycles. The van der Waals surface area contributed by atoms with Gasteiger partial charge in [-0.25, -0.2) is 4.57 Å². The van der Waals surface area contributed by atoms with Gasteiger partial charge >= 0.3 is 25.7 Å². The van der Waals surface area contributed by atoms with Crippen molar-refractivity contribution in [3.63, 3.8) is 0 Å². The summed E-state index contributed by atoms with van der Waals surface area (Å²) in [5, 5.41) is 9.76. The summed E-state index contributed by atoms with van der Waals surface area (Å²) >= 11 is 0. The Labute approximate surface area is 404 Å². The number of carbonyl (C=O) groups excluding carboxylic acids is 3. The Morgan fingerprint density at radius 2 is 0.742 bits per heavy atom. The summed E-state index contributed by atoms with van der Waals surface area (Å²) in [6, 6.07) is 0. The van der Waals surface area contributed by atoms with Gasteiger partial charge in [0.25, 0.3) is 0 Å². The minimum atomic E-state index is -4.73. The highest BCUT2D eigenvalue weighted by Crippen LogP contribution is 2.43. The standard InChI is InChI=1S/C54H101O11P/c1-4-7-10-13-16-19-21-22-23-24-25-26-27-28-30-33-36-39-42-45-54(58)65-51(47-61-52(56)43-40-37-34-31-18-15-12-9-6-3)49-63-66(59,60)62-48-50(46-55)64-53(57)44-41-38-35-32-29-20-17-14-11-8-5-2/h16,19,22-23,50-51,55H,4-15,17-18,20-21,24-49H2,1-3H3,(H,59,60)/b19-16-,23-22-. The van der Waals surface area contributed by atoms with E-state index in [9.17, 15) is 28.9 Å². The third kappa shape index (κ3) is 47.0. The van der Waals surface area contributed by atoms with E-state index in [2.05, 4.69) is 45.1 Å². The van der Waals surface area contributed by atoms with Crippen LogP contribution in [0.15, 0.2) is 24.3 Å². The van der Waals surface area contributed by atoms with E-state index in [-0.39, 0.29) is 25.9 Å². The zero-order valence-corrected chi connectivity index (χ0v) is 43.6. The minimum absolute atomic E-state index is 0.168. The number of ether oxygens (including phenoxy) is 3. The fraction of sp³-hybridized carbons (Fsp3) is 0.870. The van der Waals surface area contributed by atoms with Crippen molar-refractivity contribution in [2.45, 2.75) is 277 Å². The van der Waals surface area contributed by atoms with Gasteiger partial charge in [-0.1, -0.05) is 218 Å². The molecule has 0 rings (SSSR count). The van der Waals surface area contributed by atoms with Crippen LogP contribution in [0.1, 0.15) is 265 Å². The molecule has 388 valence electrons. The fourth-order valence-electron chi connectivity index (χ4n) is 7.68. The van der Waals surface area contributed by atoms with Crippen molar-refractivity contribution in [3.8, 4) is 0 Å². The summed E-state index contributed by atoms with van der Waals surface area (Å²) in [4.78, 5) is 48.2. The summed E-state index contributed by atoms with van der Waals surface area (Å²) < 4.78 is 39.3. The molecule has 0 aliphatic rings. The van der Waals surface area contributed by atoms with Gasteiger partial charge < -0.3 is 24.2 Å². The maximum absolute atomic E-state index is 12.8. The largest absolute Gasteiger partial charge is 0.472 e. The average Bonchev–Trinajstić information content (AvgIpc) is 3.30. The lowest BCUT2D eigenvalue weighted by molar-refractivity contribution is -0.161. The van der Waals surface area contributed by atoms with E-state index in [0.29, 0.717) is 19.3 Å². The molecule has 66 heavy (non-hydrogen) atoms. The molecule has 11 nitrogen and oxygen atoms in total. The Morgan fingerprint density at radius 3 is 1.15 bits per heavy atom. The van der Waals surface area contributed by atoms with Crippen molar-refractivity contribution in [2.75, 3.05) is 26.4 Å². The van der Waals surface area contributed by atoms with E-state index >= 15 is 0 Å². The summed E-state index contributed by atoms with van der Waals surface area (Å²) in [6.45, 7) is 4.61. The number of esters is 3. The molecule has 0 aromatic carbocycles. The molecule has 12 heteroatoms. The van der Waals surface area contributed by atoms with Crippen LogP contribution < -0.4 is 0 Å². The zero-order valence-electron chi connectivity index (χ0n) is 42.7. The van der Waals surface area contributed by atoms with E-state index < -0.39 is 57.8 Å². The summed E-state index contributed by atoms with van der Waals surface area (Å²) in [7, 11) is -4.73. The highest BCUT2D eigenvalue weighted by atomic mass is 31.2. The number of allylic oxidation sites excluding steroid dienone is 4. The topological polar surface area (TPSA) is 155 Å². The lowest BCUT2D eigenvalue weighted by atomic mass is 10.1. The van der Waals surface area contributed by atoms with E-state index in [4.69, 9.17) is 23.3 Å². The number of aliphatic hydroxyl groups is 1. The number of unbranched alkanes of at least 4 members (excludes halogenated alkanes) is 30. The van der Waals surface area contributed by atoms with E-state index in [1.54, 1.807) is 0 Å². The highest BCUT2D eigenvalue weighted by molar-refractivity contribution is 7.47. The Hall–Kier alpha value is -2.04. The van der Waals surface area contributed by atoms with Crippen molar-refractivity contribution in [2.24, 2.45) is 0 Å². The van der Waals surface area contributed by atoms with Crippen LogP contribution in [0.5, 0.6) is 0 Å². The molecule has 0 radical (unpaired) electrons. The summed E-state index contributed by atoms with van der Waals surface area (Å²) in [5.74, 6) is -1.45. The second-order valence-corrected chi connectivity index (χ2v) is 19.9. The molecule has 0 aromatic heterocycles. The van der Waals surface area contributed by atoms with Crippen LogP contribution in [0.2, 0.25) is 0 Å². The number of phosphoric acid groups is 1. The third-order valence-corrected chi connectivity index (χ3v) is 12.8. The number of carbonyl (C=O) groups is 3. The van der Waals surface area contributed by atoms with Crippen LogP contribution >= 0.6 is 7.82 Å². The van der Waals surface area contributed by atoms with Crippen molar-refractivity contribution < 1.29 is 52.2 Å². The second kappa shape index (κ2) is 49.4. The smallest absolute Gasteiger partial charge is 0.462 e. The molecule has 0 saturated heterocycles. The average molecular weight is 957 g/mol. The summed E-state index contributed by atoms with van der Waals surface area (Å²) in [6.07, 6.45) is 47.2. The Morgan fingerprint density at radius 1 is 0.424 bits per heavy atom. The monoisotopic (exact) mass is 957 g/mol. The molecule has 0 amide bonds. The quantitative estimate of drug-likeness (QED) is 0.0197. The highest BCUT2D eigenvalue weighted by Gasteiger charge is 2.28. The van der Waals surface area contributed by atoms with Gasteiger partial charge in [-0.15, -0.1) is 0 Å². The van der Waals surface area contributed by atoms with Crippen LogP contribution in [0, 0.1) is 0 Å². The maximum atomic E-state index is 12.8. The van der Waals surface area contributed by atoms with Crippen LogP contribution in [-0.2, 0) is 42.2 Å². The SMILES string of the molecule is CCCCC/C=C\C/C=C\CCCCCCCCCCCC(=O)OC(COC(=O)CCCCCCCCCCC)COP(=O)(O)OCC(CO)OC(=O)CCCCCCCCCCCCC. The number of hydrogen-bond donors (Lipinski definition) is 2. The van der Waals surface area contributed by atoms with E-state index in [0.717, 1.165) is 70.6 Å². The molecule has 0 fully saturated rings. The molecule has 0 aromatic rings. The van der Waals surface area contributed by atoms with Crippen LogP contribution in [0.3, 0.4) is 0 Å². The van der Waals surface area contributed by atoms with Gasteiger partial charge in [-0.3, -0.25) is 23.4 Å². The van der Waals surface area contributed by atoms with Crippen LogP contribution in [0.4, 0.5) is 0 Å². The van der Waals surface area contributed by atoms with Gasteiger partial charge in [0.15, 0.2) is 6.10 Å². The first-order valence-corrected chi connectivity index (χ1v) is 28.7. The molecule has 0 bridgehead atoms. The predicted molar refractivity (Wildman–Crippen MR) is 270 cm³/mol. The molecule has 0 saturated carbocycles. The Bertz CT molecular complexity index is 1210. The molecule has 3 atom stereocenters. The molecule has 0 heterocycles. The normalized spacial score (nSPS) is 13.6. The van der Waals surface area contributed by atoms with Gasteiger partial charge in [0, 0.05) is 19.3 Å². The van der Waals surface area contributed by atoms with Gasteiger partial charge in [-0.05, 0) is 51.4 Å². The summed E-state index contributed by atoms with van der Waals surface area (Å²) in [5.41, 5.74) is 0. The molecule has 0 aliphatic carbocycles. The first kappa shape index (κ1) is 64.0. The first-order valence-electron chi connectivity index (χ1n) is 27.2. The molecule has 0 spiro atoms. The number of phosphoric ester groups is 1. The van der Waals surface area contributed by atoms with Crippen LogP contribution in [-0.4, -0.2) is 66.5 Å². The lowest BCUT2D eigenvalue weighted by Gasteiger charge is -2.21. The van der Waals surface area contributed by atoms with Gasteiger partial charge in [0.1, 0.15) is 12.7 Å². The van der Waals surface area contributed by atoms with Gasteiger partial charge in [0.2, 0.25) is 0 Å². The zero-order chi connectivity index (χ0) is 48.4. The number of rotatable bonds is 51. The van der Waals surface area contributed by atoms with Gasteiger partial charge in [-0.2, -0.15) is 0 Å². The fourth-order valence-corrected chi connectivity index (χ4v) is 8.47. The molecular formula is C54H101O11P. The molecule has 3 unspecified atom stereocenters. The molecule has 2 N–H and O–H groups in total. The Kier molecular flexibility index (Phi) is 47.9.